The van der Waals surface area contributed by atoms with E-state index in [9.17, 15) is 59.9 Å². The summed E-state index contributed by atoms with van der Waals surface area (Å²) < 4.78 is 34.8. The summed E-state index contributed by atoms with van der Waals surface area (Å²) in [6.07, 6.45) is 6.58. The molecule has 1 heterocycles. The minimum absolute atomic E-state index is 0.00876. The van der Waals surface area contributed by atoms with Gasteiger partial charge in [-0.1, -0.05) is 128 Å². The third kappa shape index (κ3) is 23.8. The lowest BCUT2D eigenvalue weighted by Gasteiger charge is -2.37. The summed E-state index contributed by atoms with van der Waals surface area (Å²) in [6.45, 7) is 2.84. The average Bonchev–Trinajstić information content (AvgIpc) is 3.26. The third-order valence-corrected chi connectivity index (χ3v) is 13.3. The highest BCUT2D eigenvalue weighted by molar-refractivity contribution is 7.47. The topological polar surface area (TPSA) is 270 Å². The van der Waals surface area contributed by atoms with Gasteiger partial charge in [0.1, 0.15) is 31.0 Å². The number of aliphatic hydroxyl groups is 8. The number of phosphoric ester groups is 1. The smallest absolute Gasteiger partial charge is 0.462 e. The molecule has 1 saturated heterocycles. The number of hydrogen-bond acceptors (Lipinski definition) is 15. The number of aliphatic hydroxyl groups excluding tert-OH is 8. The molecule has 0 aromatic carbocycles. The van der Waals surface area contributed by atoms with Crippen LogP contribution >= 0.6 is 7.82 Å². The van der Waals surface area contributed by atoms with Crippen LogP contribution < -0.4 is 0 Å². The standard InChI is InChI=1S/C47H85O16P/c1-3-5-7-8-9-10-11-12-13-14-15-16-17-18-24-28-41(52)62-35-32-60-40(51)27-23-20-19-22-26-36-38(49)31-39(50)37(30-29-34(48)25-21-6-4-2)43(54)45(56)47(46(57)44(55)42(36)53)63-64(58,59)61-33-35/h10-11,29-30,34-39,42-50,53-57H,3-9,12-28,31-33H2,1-2H3,(H,58,59)/b11-10-,30-29?/t34-,35+,36-,37-,38-,39+,42+,43+,44-,45+,46+,47+/m0/s1. The summed E-state index contributed by atoms with van der Waals surface area (Å²) in [7, 11) is -5.43. The molecule has 64 heavy (non-hydrogen) atoms. The second kappa shape index (κ2) is 33.6. The molecule has 2 bridgehead atoms. The van der Waals surface area contributed by atoms with E-state index in [1.807, 2.05) is 6.92 Å². The first-order chi connectivity index (χ1) is 30.6. The number of esters is 2. The van der Waals surface area contributed by atoms with Crippen molar-refractivity contribution < 1.29 is 78.4 Å². The molecule has 2 fully saturated rings. The van der Waals surface area contributed by atoms with E-state index in [0.717, 1.165) is 64.2 Å². The van der Waals surface area contributed by atoms with Crippen LogP contribution in [0.5, 0.6) is 0 Å². The molecule has 1 saturated carbocycles. The molecule has 0 amide bonds. The Bertz CT molecular complexity index is 1350. The highest BCUT2D eigenvalue weighted by Gasteiger charge is 2.49. The number of allylic oxidation sites excluding steroid dienone is 2. The Morgan fingerprint density at radius 3 is 2.00 bits per heavy atom. The molecule has 0 aromatic heterocycles. The molecule has 9 N–H and O–H groups in total. The zero-order valence-electron chi connectivity index (χ0n) is 38.7. The average molecular weight is 937 g/mol. The second-order valence-corrected chi connectivity index (χ2v) is 19.3. The first kappa shape index (κ1) is 58.3. The second-order valence-electron chi connectivity index (χ2n) is 17.9. The minimum atomic E-state index is -5.43. The van der Waals surface area contributed by atoms with E-state index in [2.05, 4.69) is 19.1 Å². The van der Waals surface area contributed by atoms with E-state index in [-0.39, 0.29) is 19.3 Å². The van der Waals surface area contributed by atoms with Gasteiger partial charge in [0.2, 0.25) is 0 Å². The van der Waals surface area contributed by atoms with Gasteiger partial charge in [-0.2, -0.15) is 0 Å². The zero-order valence-corrected chi connectivity index (χ0v) is 39.6. The van der Waals surface area contributed by atoms with Gasteiger partial charge in [-0.05, 0) is 51.4 Å². The molecule has 17 heteroatoms. The molecular formula is C47H85O16P. The van der Waals surface area contributed by atoms with E-state index in [1.165, 1.54) is 37.8 Å². The molecule has 1 aliphatic carbocycles. The van der Waals surface area contributed by atoms with Crippen molar-refractivity contribution in [2.24, 2.45) is 11.8 Å². The Labute approximate surface area is 382 Å². The largest absolute Gasteiger partial charge is 0.472 e. The normalized spacial score (nSPS) is 32.7. The van der Waals surface area contributed by atoms with E-state index in [4.69, 9.17) is 18.5 Å². The fraction of sp³-hybridized carbons (Fsp3) is 0.872. The van der Waals surface area contributed by atoms with Crippen molar-refractivity contribution in [1.82, 2.24) is 0 Å². The van der Waals surface area contributed by atoms with Crippen LogP contribution in [0.4, 0.5) is 0 Å². The molecule has 1 aliphatic heterocycles. The van der Waals surface area contributed by atoms with Crippen LogP contribution in [-0.4, -0.2) is 132 Å². The van der Waals surface area contributed by atoms with Gasteiger partial charge in [0.15, 0.2) is 6.10 Å². The highest BCUT2D eigenvalue weighted by atomic mass is 31.2. The van der Waals surface area contributed by atoms with Crippen LogP contribution in [0, 0.1) is 11.8 Å². The molecule has 374 valence electrons. The number of carbonyl (C=O) groups excluding carboxylic acids is 2. The maximum Gasteiger partial charge on any atom is 0.472 e. The number of rotatable bonds is 22. The van der Waals surface area contributed by atoms with Gasteiger partial charge in [-0.3, -0.25) is 18.6 Å². The molecule has 13 atom stereocenters. The molecule has 2 rings (SSSR count). The molecule has 1 unspecified atom stereocenters. The van der Waals surface area contributed by atoms with Crippen LogP contribution in [0.15, 0.2) is 24.3 Å². The number of fused-ring (bicyclic) bond motifs is 4. The molecule has 2 aliphatic rings. The van der Waals surface area contributed by atoms with Gasteiger partial charge in [-0.25, -0.2) is 4.57 Å². The number of phosphoric acid groups is 1. The minimum Gasteiger partial charge on any atom is -0.462 e. The van der Waals surface area contributed by atoms with Gasteiger partial charge in [0.25, 0.3) is 0 Å². The van der Waals surface area contributed by atoms with Crippen LogP contribution in [-0.2, 0) is 32.7 Å². The SMILES string of the molecule is CCCCCC/C=C\CCCCCCCCCC(=O)O[C@@H]1COC(=O)CCCCCC[C@@H]2[C@@H](O)[C@H](O)[C@@H](O)[C@H](OP(=O)(O)OC1)[C@H](O)[C@H](O)[C@@H](C=C[C@@H](O)CCCCC)[C@H](O)C[C@@H]2O. The maximum absolute atomic E-state index is 13.5. The number of ether oxygens (including phenoxy) is 2. The van der Waals surface area contributed by atoms with Crippen molar-refractivity contribution >= 4 is 19.8 Å². The van der Waals surface area contributed by atoms with Crippen LogP contribution in [0.1, 0.15) is 174 Å². The monoisotopic (exact) mass is 937 g/mol. The molecule has 16 nitrogen and oxygen atoms in total. The summed E-state index contributed by atoms with van der Waals surface area (Å²) in [5.74, 6) is -3.89. The number of carbonyl (C=O) groups is 2. The molecule has 0 aromatic rings. The van der Waals surface area contributed by atoms with Gasteiger partial charge < -0.3 is 55.2 Å². The summed E-state index contributed by atoms with van der Waals surface area (Å²) in [4.78, 5) is 36.5. The quantitative estimate of drug-likeness (QED) is 0.0261. The maximum atomic E-state index is 13.5. The lowest BCUT2D eigenvalue weighted by atomic mass is 9.82. The number of unbranched alkanes of at least 4 members (excludes halogenated alkanes) is 13. The van der Waals surface area contributed by atoms with Crippen molar-refractivity contribution in [2.45, 2.75) is 235 Å². The van der Waals surface area contributed by atoms with Crippen LogP contribution in [0.3, 0.4) is 0 Å². The number of cyclic esters (lactones) is 1. The van der Waals surface area contributed by atoms with E-state index >= 15 is 0 Å². The molecule has 0 radical (unpaired) electrons. The lowest BCUT2D eigenvalue weighted by molar-refractivity contribution is -0.167. The fourth-order valence-electron chi connectivity index (χ4n) is 8.32. The highest BCUT2D eigenvalue weighted by Crippen LogP contribution is 2.47. The first-order valence-electron chi connectivity index (χ1n) is 24.4. The fourth-order valence-corrected chi connectivity index (χ4v) is 9.29. The van der Waals surface area contributed by atoms with E-state index < -0.39 is 112 Å². The van der Waals surface area contributed by atoms with Crippen LogP contribution in [0.25, 0.3) is 0 Å². The Morgan fingerprint density at radius 1 is 0.734 bits per heavy atom. The van der Waals surface area contributed by atoms with Crippen molar-refractivity contribution in [3.05, 3.63) is 24.3 Å². The predicted molar refractivity (Wildman–Crippen MR) is 242 cm³/mol. The molecule has 0 spiro atoms. The lowest BCUT2D eigenvalue weighted by Crippen LogP contribution is -2.55. The third-order valence-electron chi connectivity index (χ3n) is 12.4. The Hall–Kier alpha value is -1.79. The predicted octanol–water partition coefficient (Wildman–Crippen LogP) is 6.00. The summed E-state index contributed by atoms with van der Waals surface area (Å²) in [6, 6.07) is 0. The summed E-state index contributed by atoms with van der Waals surface area (Å²) in [5.41, 5.74) is 0. The van der Waals surface area contributed by atoms with E-state index in [1.54, 1.807) is 0 Å². The van der Waals surface area contributed by atoms with Gasteiger partial charge in [-0.15, -0.1) is 0 Å². The number of hydrogen-bond donors (Lipinski definition) is 9. The van der Waals surface area contributed by atoms with Gasteiger partial charge >= 0.3 is 19.8 Å². The van der Waals surface area contributed by atoms with Crippen LogP contribution in [0.2, 0.25) is 0 Å². The van der Waals surface area contributed by atoms with Crippen molar-refractivity contribution in [3.8, 4) is 0 Å². The van der Waals surface area contributed by atoms with Crippen molar-refractivity contribution in [2.75, 3.05) is 13.2 Å². The van der Waals surface area contributed by atoms with E-state index in [0.29, 0.717) is 44.9 Å². The Morgan fingerprint density at radius 2 is 1.33 bits per heavy atom. The van der Waals surface area contributed by atoms with Gasteiger partial charge in [0.05, 0.1) is 37.1 Å². The van der Waals surface area contributed by atoms with Crippen molar-refractivity contribution in [1.29, 1.82) is 0 Å². The summed E-state index contributed by atoms with van der Waals surface area (Å²) in [5, 5.41) is 90.2. The molecular weight excluding hydrogens is 851 g/mol. The van der Waals surface area contributed by atoms with Crippen molar-refractivity contribution in [3.63, 3.8) is 0 Å². The Balaban J connectivity index is 2.19. The zero-order chi connectivity index (χ0) is 47.3. The Kier molecular flexibility index (Phi) is 30.7. The van der Waals surface area contributed by atoms with Gasteiger partial charge in [0, 0.05) is 31.1 Å². The first-order valence-corrected chi connectivity index (χ1v) is 25.9. The summed E-state index contributed by atoms with van der Waals surface area (Å²) >= 11 is 0.